The van der Waals surface area contributed by atoms with Gasteiger partial charge in [0.05, 0.1) is 10.0 Å². The average Bonchev–Trinajstić information content (AvgIpc) is 2.58. The SMILES string of the molecule is CC(=O)N1CCN(c2nccc(Nc3ccc(Cl)c(Cl)c3)n2)CC1. The Kier molecular flexibility index (Phi) is 5.06. The zero-order valence-electron chi connectivity index (χ0n) is 13.2. The zero-order chi connectivity index (χ0) is 17.1. The highest BCUT2D eigenvalue weighted by Gasteiger charge is 2.20. The van der Waals surface area contributed by atoms with Gasteiger partial charge in [-0.1, -0.05) is 23.2 Å². The third kappa shape index (κ3) is 3.88. The second-order valence-corrected chi connectivity index (χ2v) is 6.30. The summed E-state index contributed by atoms with van der Waals surface area (Å²) in [6.45, 7) is 4.39. The molecule has 1 aromatic carbocycles. The first-order valence-corrected chi connectivity index (χ1v) is 8.34. The summed E-state index contributed by atoms with van der Waals surface area (Å²) in [5.74, 6) is 1.42. The molecule has 8 heteroatoms. The minimum atomic E-state index is 0.102. The molecule has 1 amide bonds. The van der Waals surface area contributed by atoms with E-state index >= 15 is 0 Å². The van der Waals surface area contributed by atoms with Gasteiger partial charge < -0.3 is 15.1 Å². The van der Waals surface area contributed by atoms with Crippen molar-refractivity contribution >= 4 is 46.6 Å². The van der Waals surface area contributed by atoms with E-state index in [4.69, 9.17) is 23.2 Å². The molecule has 0 atom stereocenters. The van der Waals surface area contributed by atoms with E-state index in [1.54, 1.807) is 31.3 Å². The van der Waals surface area contributed by atoms with Gasteiger partial charge in [-0.15, -0.1) is 0 Å². The van der Waals surface area contributed by atoms with Crippen LogP contribution < -0.4 is 10.2 Å². The molecule has 0 bridgehead atoms. The predicted molar refractivity (Wildman–Crippen MR) is 96.2 cm³/mol. The molecular formula is C16H17Cl2N5O. The van der Waals surface area contributed by atoms with Gasteiger partial charge in [-0.3, -0.25) is 4.79 Å². The molecule has 1 aromatic heterocycles. The number of benzene rings is 1. The number of nitrogens with one attached hydrogen (secondary N) is 1. The van der Waals surface area contributed by atoms with Crippen LogP contribution in [0.1, 0.15) is 6.92 Å². The molecule has 0 aliphatic carbocycles. The number of nitrogens with zero attached hydrogens (tertiary/aromatic N) is 4. The van der Waals surface area contributed by atoms with E-state index in [9.17, 15) is 4.79 Å². The Morgan fingerprint density at radius 1 is 1.12 bits per heavy atom. The fourth-order valence-electron chi connectivity index (χ4n) is 2.51. The molecule has 126 valence electrons. The number of piperazine rings is 1. The lowest BCUT2D eigenvalue weighted by atomic mass is 10.3. The minimum Gasteiger partial charge on any atom is -0.340 e. The summed E-state index contributed by atoms with van der Waals surface area (Å²) in [7, 11) is 0. The fraction of sp³-hybridized carbons (Fsp3) is 0.312. The number of hydrogen-bond acceptors (Lipinski definition) is 5. The number of aromatic nitrogens is 2. The molecule has 0 saturated carbocycles. The Morgan fingerprint density at radius 3 is 2.54 bits per heavy atom. The molecule has 1 fully saturated rings. The van der Waals surface area contributed by atoms with Crippen LogP contribution in [0.4, 0.5) is 17.5 Å². The Labute approximate surface area is 150 Å². The summed E-state index contributed by atoms with van der Waals surface area (Å²) in [4.78, 5) is 24.2. The Morgan fingerprint density at radius 2 is 1.88 bits per heavy atom. The van der Waals surface area contributed by atoms with Gasteiger partial charge in [-0.25, -0.2) is 4.98 Å². The number of carbonyl (C=O) groups excluding carboxylic acids is 1. The van der Waals surface area contributed by atoms with Gasteiger partial charge in [0, 0.05) is 45.0 Å². The van der Waals surface area contributed by atoms with Crippen LogP contribution in [0.3, 0.4) is 0 Å². The average molecular weight is 366 g/mol. The molecule has 3 rings (SSSR count). The van der Waals surface area contributed by atoms with E-state index in [-0.39, 0.29) is 5.91 Å². The Bertz CT molecular complexity index is 747. The number of halogens is 2. The molecule has 1 saturated heterocycles. The fourth-order valence-corrected chi connectivity index (χ4v) is 2.81. The number of hydrogen-bond donors (Lipinski definition) is 1. The topological polar surface area (TPSA) is 61.4 Å². The predicted octanol–water partition coefficient (Wildman–Crippen LogP) is 3.20. The number of anilines is 3. The Balaban J connectivity index is 1.70. The molecule has 0 spiro atoms. The minimum absolute atomic E-state index is 0.102. The second-order valence-electron chi connectivity index (χ2n) is 5.49. The van der Waals surface area contributed by atoms with Crippen molar-refractivity contribution in [2.24, 2.45) is 0 Å². The largest absolute Gasteiger partial charge is 0.340 e. The van der Waals surface area contributed by atoms with E-state index in [1.165, 1.54) is 0 Å². The van der Waals surface area contributed by atoms with Gasteiger partial charge in [0.25, 0.3) is 0 Å². The Hall–Kier alpha value is -2.05. The van der Waals surface area contributed by atoms with Crippen molar-refractivity contribution in [3.8, 4) is 0 Å². The maximum atomic E-state index is 11.4. The summed E-state index contributed by atoms with van der Waals surface area (Å²) in [5.41, 5.74) is 0.801. The lowest BCUT2D eigenvalue weighted by Gasteiger charge is -2.34. The molecule has 0 unspecified atom stereocenters. The molecule has 24 heavy (non-hydrogen) atoms. The second kappa shape index (κ2) is 7.23. The first kappa shape index (κ1) is 16.8. The van der Waals surface area contributed by atoms with Crippen molar-refractivity contribution < 1.29 is 4.79 Å². The number of carbonyl (C=O) groups is 1. The van der Waals surface area contributed by atoms with E-state index in [0.29, 0.717) is 34.9 Å². The number of amides is 1. The monoisotopic (exact) mass is 365 g/mol. The van der Waals surface area contributed by atoms with Crippen molar-refractivity contribution in [2.45, 2.75) is 6.92 Å². The van der Waals surface area contributed by atoms with Crippen LogP contribution >= 0.6 is 23.2 Å². The van der Waals surface area contributed by atoms with Gasteiger partial charge in [0.2, 0.25) is 11.9 Å². The van der Waals surface area contributed by atoms with Crippen molar-refractivity contribution in [1.82, 2.24) is 14.9 Å². The van der Waals surface area contributed by atoms with E-state index in [0.717, 1.165) is 18.8 Å². The van der Waals surface area contributed by atoms with Crippen molar-refractivity contribution in [2.75, 3.05) is 36.4 Å². The van der Waals surface area contributed by atoms with Crippen molar-refractivity contribution in [1.29, 1.82) is 0 Å². The zero-order valence-corrected chi connectivity index (χ0v) is 14.7. The first-order chi connectivity index (χ1) is 11.5. The molecule has 6 nitrogen and oxygen atoms in total. The first-order valence-electron chi connectivity index (χ1n) is 7.58. The summed E-state index contributed by atoms with van der Waals surface area (Å²) >= 11 is 12.0. The molecule has 2 aromatic rings. The van der Waals surface area contributed by atoms with Crippen LogP contribution in [-0.4, -0.2) is 47.0 Å². The smallest absolute Gasteiger partial charge is 0.227 e. The van der Waals surface area contributed by atoms with Crippen LogP contribution in [0.25, 0.3) is 0 Å². The van der Waals surface area contributed by atoms with Crippen LogP contribution in [0, 0.1) is 0 Å². The lowest BCUT2D eigenvalue weighted by Crippen LogP contribution is -2.48. The quantitative estimate of drug-likeness (QED) is 0.904. The maximum absolute atomic E-state index is 11.4. The van der Waals surface area contributed by atoms with E-state index in [1.807, 2.05) is 11.0 Å². The van der Waals surface area contributed by atoms with Crippen molar-refractivity contribution in [3.05, 3.63) is 40.5 Å². The third-order valence-electron chi connectivity index (χ3n) is 3.84. The summed E-state index contributed by atoms with van der Waals surface area (Å²) in [6, 6.07) is 7.10. The summed E-state index contributed by atoms with van der Waals surface area (Å²) in [5, 5.41) is 4.18. The molecule has 1 N–H and O–H groups in total. The number of rotatable bonds is 3. The van der Waals surface area contributed by atoms with E-state index in [2.05, 4.69) is 20.2 Å². The molecule has 1 aliphatic rings. The van der Waals surface area contributed by atoms with Gasteiger partial charge in [-0.2, -0.15) is 4.98 Å². The van der Waals surface area contributed by atoms with Gasteiger partial charge >= 0.3 is 0 Å². The summed E-state index contributed by atoms with van der Waals surface area (Å²) < 4.78 is 0. The molecular weight excluding hydrogens is 349 g/mol. The summed E-state index contributed by atoms with van der Waals surface area (Å²) in [6.07, 6.45) is 1.71. The molecule has 0 radical (unpaired) electrons. The third-order valence-corrected chi connectivity index (χ3v) is 4.58. The van der Waals surface area contributed by atoms with Crippen LogP contribution in [-0.2, 0) is 4.79 Å². The van der Waals surface area contributed by atoms with Gasteiger partial charge in [-0.05, 0) is 24.3 Å². The maximum Gasteiger partial charge on any atom is 0.227 e. The van der Waals surface area contributed by atoms with Crippen molar-refractivity contribution in [3.63, 3.8) is 0 Å². The van der Waals surface area contributed by atoms with E-state index < -0.39 is 0 Å². The van der Waals surface area contributed by atoms with Gasteiger partial charge in [0.1, 0.15) is 5.82 Å². The van der Waals surface area contributed by atoms with Crippen LogP contribution in [0.15, 0.2) is 30.5 Å². The van der Waals surface area contributed by atoms with Crippen LogP contribution in [0.5, 0.6) is 0 Å². The standard InChI is InChI=1S/C16H17Cl2N5O/c1-11(24)22-6-8-23(9-7-22)16-19-5-4-15(21-16)20-12-2-3-13(17)14(18)10-12/h2-5,10H,6-9H2,1H3,(H,19,20,21). The lowest BCUT2D eigenvalue weighted by molar-refractivity contribution is -0.129. The highest BCUT2D eigenvalue weighted by molar-refractivity contribution is 6.42. The highest BCUT2D eigenvalue weighted by atomic mass is 35.5. The normalized spacial score (nSPS) is 14.6. The van der Waals surface area contributed by atoms with Crippen LogP contribution in [0.2, 0.25) is 10.0 Å². The molecule has 1 aliphatic heterocycles. The highest BCUT2D eigenvalue weighted by Crippen LogP contribution is 2.26. The molecule has 2 heterocycles. The van der Waals surface area contributed by atoms with Gasteiger partial charge in [0.15, 0.2) is 0 Å².